The van der Waals surface area contributed by atoms with Crippen molar-refractivity contribution >= 4 is 23.6 Å². The fourth-order valence-electron chi connectivity index (χ4n) is 1.08. The second-order valence-electron chi connectivity index (χ2n) is 3.38. The molecule has 0 heterocycles. The van der Waals surface area contributed by atoms with Crippen LogP contribution < -0.4 is 5.32 Å². The van der Waals surface area contributed by atoms with Gasteiger partial charge in [-0.2, -0.15) is 11.8 Å². The van der Waals surface area contributed by atoms with Gasteiger partial charge in [0.2, 0.25) is 5.91 Å². The van der Waals surface area contributed by atoms with E-state index in [0.717, 1.165) is 11.5 Å². The summed E-state index contributed by atoms with van der Waals surface area (Å²) in [5.41, 5.74) is 0. The lowest BCUT2D eigenvalue weighted by molar-refractivity contribution is -0.137. The number of carboxylic acids is 1. The van der Waals surface area contributed by atoms with Gasteiger partial charge < -0.3 is 10.4 Å². The molecule has 0 aromatic rings. The zero-order chi connectivity index (χ0) is 11.7. The van der Waals surface area contributed by atoms with Gasteiger partial charge in [0.1, 0.15) is 0 Å². The van der Waals surface area contributed by atoms with Crippen molar-refractivity contribution in [3.05, 3.63) is 0 Å². The van der Waals surface area contributed by atoms with Crippen LogP contribution in [0.2, 0.25) is 0 Å². The number of amides is 1. The Balaban J connectivity index is 3.50. The second kappa shape index (κ2) is 8.59. The average Bonchev–Trinajstić information content (AvgIpc) is 2.14. The highest BCUT2D eigenvalue weighted by Crippen LogP contribution is 2.02. The summed E-state index contributed by atoms with van der Waals surface area (Å²) >= 11 is 1.78. The fourth-order valence-corrected chi connectivity index (χ4v) is 1.76. The molecule has 0 aromatic heterocycles. The van der Waals surface area contributed by atoms with Crippen molar-refractivity contribution in [2.24, 2.45) is 0 Å². The molecule has 0 bridgehead atoms. The number of carbonyl (C=O) groups excluding carboxylic acids is 1. The van der Waals surface area contributed by atoms with Crippen LogP contribution in [0, 0.1) is 0 Å². The molecule has 0 spiro atoms. The maximum Gasteiger partial charge on any atom is 0.303 e. The van der Waals surface area contributed by atoms with Crippen molar-refractivity contribution in [1.29, 1.82) is 0 Å². The lowest BCUT2D eigenvalue weighted by Gasteiger charge is -2.12. The average molecular weight is 233 g/mol. The Morgan fingerprint density at radius 2 is 2.07 bits per heavy atom. The van der Waals surface area contributed by atoms with Crippen LogP contribution in [0.25, 0.3) is 0 Å². The van der Waals surface area contributed by atoms with Gasteiger partial charge in [0, 0.05) is 24.6 Å². The van der Waals surface area contributed by atoms with Crippen LogP contribution in [-0.4, -0.2) is 34.5 Å². The van der Waals surface area contributed by atoms with Crippen LogP contribution in [0.3, 0.4) is 0 Å². The van der Waals surface area contributed by atoms with Crippen molar-refractivity contribution < 1.29 is 14.7 Å². The van der Waals surface area contributed by atoms with Gasteiger partial charge >= 0.3 is 5.97 Å². The first-order valence-corrected chi connectivity index (χ1v) is 6.30. The predicted octanol–water partition coefficient (Wildman–Crippen LogP) is 1.50. The molecule has 0 fully saturated rings. The normalized spacial score (nSPS) is 12.1. The van der Waals surface area contributed by atoms with E-state index in [0.29, 0.717) is 12.8 Å². The molecule has 0 aliphatic rings. The highest BCUT2D eigenvalue weighted by molar-refractivity contribution is 7.99. The lowest BCUT2D eigenvalue weighted by Crippen LogP contribution is -2.34. The Labute approximate surface area is 94.8 Å². The summed E-state index contributed by atoms with van der Waals surface area (Å²) in [4.78, 5) is 21.5. The summed E-state index contributed by atoms with van der Waals surface area (Å²) in [6.07, 6.45) is 0.772. The number of carbonyl (C=O) groups is 2. The lowest BCUT2D eigenvalue weighted by atomic mass is 10.2. The molecule has 88 valence electrons. The van der Waals surface area contributed by atoms with E-state index < -0.39 is 5.97 Å². The van der Waals surface area contributed by atoms with Gasteiger partial charge in [0.15, 0.2) is 0 Å². The van der Waals surface area contributed by atoms with Crippen molar-refractivity contribution in [1.82, 2.24) is 5.32 Å². The molecule has 2 N–H and O–H groups in total. The third kappa shape index (κ3) is 9.59. The molecule has 5 heteroatoms. The Bertz CT molecular complexity index is 209. The van der Waals surface area contributed by atoms with Gasteiger partial charge in [-0.05, 0) is 19.1 Å². The quantitative estimate of drug-likeness (QED) is 0.666. The number of rotatable bonds is 8. The predicted molar refractivity (Wildman–Crippen MR) is 62.1 cm³/mol. The smallest absolute Gasteiger partial charge is 0.303 e. The van der Waals surface area contributed by atoms with E-state index in [1.165, 1.54) is 0 Å². The highest BCUT2D eigenvalue weighted by atomic mass is 32.2. The van der Waals surface area contributed by atoms with Crippen LogP contribution in [0.15, 0.2) is 0 Å². The summed E-state index contributed by atoms with van der Waals surface area (Å²) < 4.78 is 0. The van der Waals surface area contributed by atoms with Crippen LogP contribution in [-0.2, 0) is 9.59 Å². The maximum atomic E-state index is 11.3. The van der Waals surface area contributed by atoms with Crippen LogP contribution in [0.1, 0.15) is 33.1 Å². The number of hydrogen-bond donors (Lipinski definition) is 2. The van der Waals surface area contributed by atoms with Crippen LogP contribution >= 0.6 is 11.8 Å². The topological polar surface area (TPSA) is 66.4 Å². The SMILES string of the molecule is CCSCC(C)NC(=O)CCCC(=O)O. The highest BCUT2D eigenvalue weighted by Gasteiger charge is 2.07. The minimum atomic E-state index is -0.850. The van der Waals surface area contributed by atoms with Crippen molar-refractivity contribution in [2.45, 2.75) is 39.2 Å². The van der Waals surface area contributed by atoms with E-state index in [4.69, 9.17) is 5.11 Å². The monoisotopic (exact) mass is 233 g/mol. The van der Waals surface area contributed by atoms with Gasteiger partial charge in [-0.3, -0.25) is 9.59 Å². The summed E-state index contributed by atoms with van der Waals surface area (Å²) in [6.45, 7) is 4.03. The van der Waals surface area contributed by atoms with E-state index in [1.807, 2.05) is 6.92 Å². The van der Waals surface area contributed by atoms with Gasteiger partial charge in [-0.15, -0.1) is 0 Å². The Hall–Kier alpha value is -0.710. The molecule has 0 radical (unpaired) electrons. The molecule has 0 rings (SSSR count). The van der Waals surface area contributed by atoms with E-state index >= 15 is 0 Å². The van der Waals surface area contributed by atoms with Crippen molar-refractivity contribution in [3.8, 4) is 0 Å². The molecule has 15 heavy (non-hydrogen) atoms. The number of thioether (sulfide) groups is 1. The van der Waals surface area contributed by atoms with Crippen LogP contribution in [0.4, 0.5) is 0 Å². The first-order chi connectivity index (χ1) is 7.06. The summed E-state index contributed by atoms with van der Waals surface area (Å²) in [6, 6.07) is 0.160. The molecular formula is C10H19NO3S. The zero-order valence-corrected chi connectivity index (χ0v) is 10.1. The second-order valence-corrected chi connectivity index (χ2v) is 4.69. The molecule has 1 atom stereocenters. The number of hydrogen-bond acceptors (Lipinski definition) is 3. The molecule has 1 amide bonds. The van der Waals surface area contributed by atoms with Gasteiger partial charge in [-0.1, -0.05) is 6.92 Å². The molecular weight excluding hydrogens is 214 g/mol. The fraction of sp³-hybridized carbons (Fsp3) is 0.800. The van der Waals surface area contributed by atoms with Gasteiger partial charge in [-0.25, -0.2) is 0 Å². The Morgan fingerprint density at radius 3 is 2.60 bits per heavy atom. The van der Waals surface area contributed by atoms with E-state index in [2.05, 4.69) is 12.2 Å². The molecule has 0 saturated carbocycles. The first-order valence-electron chi connectivity index (χ1n) is 5.15. The largest absolute Gasteiger partial charge is 0.481 e. The Kier molecular flexibility index (Phi) is 8.18. The number of aliphatic carboxylic acids is 1. The molecule has 0 aliphatic carbocycles. The zero-order valence-electron chi connectivity index (χ0n) is 9.28. The van der Waals surface area contributed by atoms with Crippen molar-refractivity contribution in [3.63, 3.8) is 0 Å². The molecule has 0 saturated heterocycles. The number of nitrogens with one attached hydrogen (secondary N) is 1. The van der Waals surface area contributed by atoms with Gasteiger partial charge in [0.25, 0.3) is 0 Å². The third-order valence-electron chi connectivity index (χ3n) is 1.77. The summed E-state index contributed by atoms with van der Waals surface area (Å²) in [5, 5.41) is 11.2. The van der Waals surface area contributed by atoms with Gasteiger partial charge in [0.05, 0.1) is 0 Å². The third-order valence-corrected chi connectivity index (χ3v) is 2.92. The van der Waals surface area contributed by atoms with Crippen LogP contribution in [0.5, 0.6) is 0 Å². The standard InChI is InChI=1S/C10H19NO3S/c1-3-15-7-8(2)11-9(12)5-4-6-10(13)14/h8H,3-7H2,1-2H3,(H,11,12)(H,13,14). The molecule has 0 aromatic carbocycles. The summed E-state index contributed by atoms with van der Waals surface area (Å²) in [5.74, 6) is 1.04. The minimum absolute atomic E-state index is 0.0551. The summed E-state index contributed by atoms with van der Waals surface area (Å²) in [7, 11) is 0. The molecule has 4 nitrogen and oxygen atoms in total. The molecule has 1 unspecified atom stereocenters. The number of carboxylic acid groups (broad SMARTS) is 1. The van der Waals surface area contributed by atoms with E-state index in [-0.39, 0.29) is 18.4 Å². The van der Waals surface area contributed by atoms with Crippen molar-refractivity contribution in [2.75, 3.05) is 11.5 Å². The minimum Gasteiger partial charge on any atom is -0.481 e. The van der Waals surface area contributed by atoms with E-state index in [9.17, 15) is 9.59 Å². The van der Waals surface area contributed by atoms with E-state index in [1.54, 1.807) is 11.8 Å². The Morgan fingerprint density at radius 1 is 1.40 bits per heavy atom. The maximum absolute atomic E-state index is 11.3. The first kappa shape index (κ1) is 14.3. The molecule has 0 aliphatic heterocycles.